The van der Waals surface area contributed by atoms with E-state index in [1.165, 1.54) is 11.3 Å². The molecule has 1 unspecified atom stereocenters. The van der Waals surface area contributed by atoms with Gasteiger partial charge >= 0.3 is 11.9 Å². The molecule has 3 aromatic carbocycles. The van der Waals surface area contributed by atoms with Crippen LogP contribution in [0.3, 0.4) is 0 Å². The Morgan fingerprint density at radius 1 is 0.857 bits per heavy atom. The molecule has 0 aliphatic rings. The van der Waals surface area contributed by atoms with Crippen molar-refractivity contribution in [2.24, 2.45) is 0 Å². The van der Waals surface area contributed by atoms with E-state index in [0.29, 0.717) is 39.2 Å². The molecule has 4 rings (SSSR count). The number of hydrogen-bond acceptors (Lipinski definition) is 10. The highest BCUT2D eigenvalue weighted by molar-refractivity contribution is 7.17. The topological polar surface area (TPSA) is 105 Å². The molecule has 10 heteroatoms. The fraction of sp³-hybridized carbons (Fsp3) is 0.281. The van der Waals surface area contributed by atoms with Gasteiger partial charge in [-0.2, -0.15) is 0 Å². The van der Waals surface area contributed by atoms with Crippen LogP contribution < -0.4 is 19.5 Å². The molecule has 0 saturated heterocycles. The van der Waals surface area contributed by atoms with E-state index in [0.717, 1.165) is 16.9 Å². The molecule has 1 aromatic heterocycles. The van der Waals surface area contributed by atoms with Crippen LogP contribution in [0.1, 0.15) is 34.8 Å². The molecule has 0 fully saturated rings. The van der Waals surface area contributed by atoms with E-state index in [-0.39, 0.29) is 19.8 Å². The molecule has 9 nitrogen and oxygen atoms in total. The average molecular weight is 591 g/mol. The van der Waals surface area contributed by atoms with Crippen molar-refractivity contribution in [3.63, 3.8) is 0 Å². The van der Waals surface area contributed by atoms with Gasteiger partial charge in [-0.3, -0.25) is 10.1 Å². The average Bonchev–Trinajstić information content (AvgIpc) is 3.44. The molecule has 4 aromatic rings. The SMILES string of the molecule is CCOC(=O)c1sc(-c2ccc(Oc3ccccc3)cc2)nc1CNC(Cc1ccc(OC)cc1OC)C(=O)OCC. The summed E-state index contributed by atoms with van der Waals surface area (Å²) in [7, 11) is 3.14. The first kappa shape index (κ1) is 30.5. The minimum absolute atomic E-state index is 0.141. The fourth-order valence-corrected chi connectivity index (χ4v) is 5.16. The minimum Gasteiger partial charge on any atom is -0.497 e. The molecular weight excluding hydrogens is 556 g/mol. The first-order valence-corrected chi connectivity index (χ1v) is 14.4. The number of aromatic nitrogens is 1. The van der Waals surface area contributed by atoms with Gasteiger partial charge in [0.25, 0.3) is 0 Å². The molecule has 0 saturated carbocycles. The van der Waals surface area contributed by atoms with E-state index in [9.17, 15) is 9.59 Å². The summed E-state index contributed by atoms with van der Waals surface area (Å²) in [4.78, 5) is 30.9. The summed E-state index contributed by atoms with van der Waals surface area (Å²) in [5.41, 5.74) is 2.10. The number of carbonyl (C=O) groups is 2. The molecule has 0 bridgehead atoms. The van der Waals surface area contributed by atoms with Crippen LogP contribution in [-0.2, 0) is 27.2 Å². The van der Waals surface area contributed by atoms with Crippen LogP contribution in [0.4, 0.5) is 0 Å². The summed E-state index contributed by atoms with van der Waals surface area (Å²) in [6.07, 6.45) is 0.292. The summed E-state index contributed by atoms with van der Waals surface area (Å²) >= 11 is 1.24. The molecule has 0 spiro atoms. The van der Waals surface area contributed by atoms with Crippen molar-refractivity contribution in [3.05, 3.63) is 88.9 Å². The maximum Gasteiger partial charge on any atom is 0.350 e. The van der Waals surface area contributed by atoms with Gasteiger partial charge in [0.05, 0.1) is 33.1 Å². The monoisotopic (exact) mass is 590 g/mol. The van der Waals surface area contributed by atoms with Crippen molar-refractivity contribution in [2.45, 2.75) is 32.9 Å². The third kappa shape index (κ3) is 7.86. The lowest BCUT2D eigenvalue weighted by Crippen LogP contribution is -2.40. The standard InChI is InChI=1S/C32H34N2O7S/c1-5-39-31(35)26(18-22-14-17-25(37-3)19-28(22)38-4)33-20-27-29(32(36)40-6-2)42-30(34-27)21-12-15-24(16-13-21)41-23-10-8-7-9-11-23/h7-17,19,26,33H,5-6,18,20H2,1-4H3. The number of hydrogen-bond donors (Lipinski definition) is 1. The van der Waals surface area contributed by atoms with Gasteiger partial charge in [0.2, 0.25) is 0 Å². The van der Waals surface area contributed by atoms with Crippen LogP contribution in [0, 0.1) is 0 Å². The number of carbonyl (C=O) groups excluding carboxylic acids is 2. The number of benzene rings is 3. The quantitative estimate of drug-likeness (QED) is 0.175. The lowest BCUT2D eigenvalue weighted by Gasteiger charge is -2.19. The predicted octanol–water partition coefficient (Wildman–Crippen LogP) is 6.06. The summed E-state index contributed by atoms with van der Waals surface area (Å²) < 4.78 is 27.4. The van der Waals surface area contributed by atoms with Gasteiger partial charge in [0, 0.05) is 24.6 Å². The summed E-state index contributed by atoms with van der Waals surface area (Å²) in [6.45, 7) is 4.11. The third-order valence-corrected chi connectivity index (χ3v) is 7.37. The second kappa shape index (κ2) is 15.0. The number of nitrogens with zero attached hydrogens (tertiary/aromatic N) is 1. The summed E-state index contributed by atoms with van der Waals surface area (Å²) in [5, 5.41) is 3.89. The lowest BCUT2D eigenvalue weighted by atomic mass is 10.0. The van der Waals surface area contributed by atoms with Gasteiger partial charge < -0.3 is 23.7 Å². The van der Waals surface area contributed by atoms with Crippen molar-refractivity contribution in [1.82, 2.24) is 10.3 Å². The number of methoxy groups -OCH3 is 2. The second-order valence-electron chi connectivity index (χ2n) is 9.02. The van der Waals surface area contributed by atoms with Crippen molar-refractivity contribution < 1.29 is 33.3 Å². The largest absolute Gasteiger partial charge is 0.497 e. The Kier molecular flexibility index (Phi) is 10.9. The Balaban J connectivity index is 1.56. The van der Waals surface area contributed by atoms with Crippen molar-refractivity contribution in [1.29, 1.82) is 0 Å². The van der Waals surface area contributed by atoms with Crippen molar-refractivity contribution in [3.8, 4) is 33.6 Å². The zero-order chi connectivity index (χ0) is 29.9. The van der Waals surface area contributed by atoms with Gasteiger partial charge in [0.1, 0.15) is 38.9 Å². The number of ether oxygens (including phenoxy) is 5. The number of rotatable bonds is 14. The molecule has 42 heavy (non-hydrogen) atoms. The Hall–Kier alpha value is -4.41. The first-order valence-electron chi connectivity index (χ1n) is 13.6. The van der Waals surface area contributed by atoms with Crippen LogP contribution in [-0.4, -0.2) is 50.4 Å². The van der Waals surface area contributed by atoms with Gasteiger partial charge in [-0.05, 0) is 61.9 Å². The van der Waals surface area contributed by atoms with E-state index in [2.05, 4.69) is 5.32 Å². The van der Waals surface area contributed by atoms with Gasteiger partial charge in [0.15, 0.2) is 0 Å². The first-order chi connectivity index (χ1) is 20.4. The van der Waals surface area contributed by atoms with Crippen LogP contribution in [0.5, 0.6) is 23.0 Å². The van der Waals surface area contributed by atoms with Gasteiger partial charge in [-0.15, -0.1) is 11.3 Å². The zero-order valence-corrected chi connectivity index (χ0v) is 24.9. The van der Waals surface area contributed by atoms with Crippen LogP contribution in [0.2, 0.25) is 0 Å². The van der Waals surface area contributed by atoms with Crippen molar-refractivity contribution >= 4 is 23.3 Å². The molecule has 1 N–H and O–H groups in total. The number of thiazole rings is 1. The fourth-order valence-electron chi connectivity index (χ4n) is 4.18. The molecule has 0 aliphatic heterocycles. The normalized spacial score (nSPS) is 11.4. The smallest absolute Gasteiger partial charge is 0.350 e. The Morgan fingerprint density at radius 2 is 1.55 bits per heavy atom. The highest BCUT2D eigenvalue weighted by Gasteiger charge is 2.25. The highest BCUT2D eigenvalue weighted by Crippen LogP contribution is 2.32. The van der Waals surface area contributed by atoms with Crippen LogP contribution in [0.15, 0.2) is 72.8 Å². The Labute approximate surface area is 249 Å². The molecule has 0 amide bonds. The summed E-state index contributed by atoms with van der Waals surface area (Å²) in [6, 6.07) is 21.7. The maximum absolute atomic E-state index is 12.9. The predicted molar refractivity (Wildman–Crippen MR) is 161 cm³/mol. The Bertz CT molecular complexity index is 1470. The molecule has 1 heterocycles. The molecule has 0 radical (unpaired) electrons. The molecule has 1 atom stereocenters. The van der Waals surface area contributed by atoms with Crippen molar-refractivity contribution in [2.75, 3.05) is 27.4 Å². The van der Waals surface area contributed by atoms with E-state index in [1.807, 2.05) is 66.7 Å². The third-order valence-electron chi connectivity index (χ3n) is 6.24. The van der Waals surface area contributed by atoms with E-state index in [1.54, 1.807) is 34.1 Å². The molecule has 220 valence electrons. The van der Waals surface area contributed by atoms with Gasteiger partial charge in [-0.25, -0.2) is 9.78 Å². The van der Waals surface area contributed by atoms with E-state index in [4.69, 9.17) is 28.7 Å². The lowest BCUT2D eigenvalue weighted by molar-refractivity contribution is -0.145. The number of esters is 2. The highest BCUT2D eigenvalue weighted by atomic mass is 32.1. The van der Waals surface area contributed by atoms with Gasteiger partial charge in [-0.1, -0.05) is 24.3 Å². The van der Waals surface area contributed by atoms with Crippen LogP contribution in [0.25, 0.3) is 10.6 Å². The molecular formula is C32H34N2O7S. The molecule has 0 aliphatic carbocycles. The number of para-hydroxylation sites is 1. The zero-order valence-electron chi connectivity index (χ0n) is 24.0. The van der Waals surface area contributed by atoms with E-state index < -0.39 is 18.0 Å². The van der Waals surface area contributed by atoms with Crippen LogP contribution >= 0.6 is 11.3 Å². The summed E-state index contributed by atoms with van der Waals surface area (Å²) in [5.74, 6) is 1.77. The number of nitrogens with one attached hydrogen (secondary N) is 1. The maximum atomic E-state index is 12.9. The Morgan fingerprint density at radius 3 is 2.21 bits per heavy atom. The minimum atomic E-state index is -0.721. The second-order valence-corrected chi connectivity index (χ2v) is 10.0. The van der Waals surface area contributed by atoms with E-state index >= 15 is 0 Å².